The van der Waals surface area contributed by atoms with Gasteiger partial charge in [-0.15, -0.1) is 0 Å². The topological polar surface area (TPSA) is 160 Å². The van der Waals surface area contributed by atoms with Gasteiger partial charge in [0, 0.05) is 18.7 Å². The smallest absolute Gasteiger partial charge is 0.332 e. The van der Waals surface area contributed by atoms with Gasteiger partial charge >= 0.3 is 18.0 Å². The zero-order valence-corrected chi connectivity index (χ0v) is 21.2. The highest BCUT2D eigenvalue weighted by Gasteiger charge is 2.52. The molecule has 4 N–H and O–H groups in total. The number of aliphatic hydroxyl groups excluding tert-OH is 2. The van der Waals surface area contributed by atoms with Crippen molar-refractivity contribution >= 4 is 23.9 Å². The number of carbonyl (C=O) groups is 4. The minimum absolute atomic E-state index is 0.0247. The van der Waals surface area contributed by atoms with Crippen LogP contribution < -0.4 is 5.73 Å². The molecule has 1 fully saturated rings. The lowest BCUT2D eigenvalue weighted by atomic mass is 9.84. The molecule has 0 spiro atoms. The molecule has 1 saturated heterocycles. The zero-order chi connectivity index (χ0) is 26.5. The van der Waals surface area contributed by atoms with Crippen molar-refractivity contribution in [3.63, 3.8) is 0 Å². The van der Waals surface area contributed by atoms with Crippen molar-refractivity contribution in [1.82, 2.24) is 9.80 Å². The Labute approximate surface area is 200 Å². The second kappa shape index (κ2) is 11.3. The van der Waals surface area contributed by atoms with Crippen LogP contribution in [0.3, 0.4) is 0 Å². The number of hydrogen-bond donors (Lipinski definition) is 3. The number of amides is 3. The molecule has 0 aromatic carbocycles. The van der Waals surface area contributed by atoms with E-state index in [2.05, 4.69) is 0 Å². The Balaban J connectivity index is 2.68. The van der Waals surface area contributed by atoms with E-state index in [0.717, 1.165) is 23.5 Å². The lowest BCUT2D eigenvalue weighted by Gasteiger charge is -2.32. The van der Waals surface area contributed by atoms with Crippen LogP contribution in [0.1, 0.15) is 61.3 Å². The summed E-state index contributed by atoms with van der Waals surface area (Å²) in [5.41, 5.74) is 2.99. The van der Waals surface area contributed by atoms with Gasteiger partial charge in [0.15, 0.2) is 5.72 Å². The van der Waals surface area contributed by atoms with Crippen molar-refractivity contribution in [3.8, 4) is 0 Å². The summed E-state index contributed by atoms with van der Waals surface area (Å²) in [4.78, 5) is 51.2. The molecule has 0 radical (unpaired) electrons. The Kier molecular flexibility index (Phi) is 9.80. The molecule has 1 rings (SSSR count). The number of aliphatic hydroxyl groups is 2. The van der Waals surface area contributed by atoms with Crippen LogP contribution in [-0.2, 0) is 23.9 Å². The number of ether oxygens (including phenoxy) is 2. The summed E-state index contributed by atoms with van der Waals surface area (Å²) in [6, 6.07) is -0.638. The highest BCUT2D eigenvalue weighted by molar-refractivity contribution is 6.06. The quantitative estimate of drug-likeness (QED) is 0.158. The number of nitrogens with two attached hydrogens (primary N) is 1. The van der Waals surface area contributed by atoms with Crippen molar-refractivity contribution in [2.24, 2.45) is 11.1 Å². The molecule has 0 aromatic heterocycles. The Bertz CT molecular complexity index is 801. The molecular formula is C23H39N3O8. The number of imide groups is 1. The van der Waals surface area contributed by atoms with E-state index in [1.54, 1.807) is 13.8 Å². The molecule has 0 bridgehead atoms. The van der Waals surface area contributed by atoms with Gasteiger partial charge < -0.3 is 24.6 Å². The molecule has 34 heavy (non-hydrogen) atoms. The standard InChI is InChI=1S/C23H39N3O8/c1-8-21(2,3)11-15(27)13-26-20(32)25(19(31)22(26,4)5)12-16(28)14-33-17(29)9-10-18(30)34-23(6,7)24/h9-10,15-16,27-28H,8,11-14,24H2,1-7H3/b10-9+. The monoisotopic (exact) mass is 485 g/mol. The molecule has 0 aromatic rings. The summed E-state index contributed by atoms with van der Waals surface area (Å²) < 4.78 is 9.66. The van der Waals surface area contributed by atoms with Gasteiger partial charge in [-0.2, -0.15) is 0 Å². The van der Waals surface area contributed by atoms with E-state index in [9.17, 15) is 29.4 Å². The maximum atomic E-state index is 12.9. The highest BCUT2D eigenvalue weighted by Crippen LogP contribution is 2.31. The van der Waals surface area contributed by atoms with Gasteiger partial charge in [-0.1, -0.05) is 27.2 Å². The number of carbonyl (C=O) groups excluding carboxylic acids is 4. The van der Waals surface area contributed by atoms with Gasteiger partial charge in [-0.25, -0.2) is 14.4 Å². The number of β-amino-alcohol motifs (C(OH)–C–C–N with tert-alkyl or cyclic N) is 2. The third kappa shape index (κ3) is 8.69. The first-order chi connectivity index (χ1) is 15.4. The summed E-state index contributed by atoms with van der Waals surface area (Å²) in [6.45, 7) is 11.2. The van der Waals surface area contributed by atoms with Crippen molar-refractivity contribution in [3.05, 3.63) is 12.2 Å². The lowest BCUT2D eigenvalue weighted by molar-refractivity contribution is -0.150. The Morgan fingerprint density at radius 3 is 2.15 bits per heavy atom. The van der Waals surface area contributed by atoms with Crippen molar-refractivity contribution in [2.75, 3.05) is 19.7 Å². The van der Waals surface area contributed by atoms with Crippen LogP contribution in [0, 0.1) is 5.41 Å². The minimum atomic E-state index is -1.35. The fourth-order valence-corrected chi connectivity index (χ4v) is 3.36. The van der Waals surface area contributed by atoms with Gasteiger partial charge in [-0.05, 0) is 39.5 Å². The molecule has 11 heteroatoms. The molecule has 2 atom stereocenters. The summed E-state index contributed by atoms with van der Waals surface area (Å²) in [5, 5.41) is 20.7. The molecule has 11 nitrogen and oxygen atoms in total. The van der Waals surface area contributed by atoms with Gasteiger partial charge in [0.1, 0.15) is 18.2 Å². The average Bonchev–Trinajstić information content (AvgIpc) is 2.84. The van der Waals surface area contributed by atoms with Gasteiger partial charge in [-0.3, -0.25) is 15.4 Å². The first-order valence-corrected chi connectivity index (χ1v) is 11.3. The summed E-state index contributed by atoms with van der Waals surface area (Å²) in [5.74, 6) is -2.30. The van der Waals surface area contributed by atoms with Crippen LogP contribution in [0.2, 0.25) is 0 Å². The molecule has 1 aliphatic rings. The summed E-state index contributed by atoms with van der Waals surface area (Å²) in [6.07, 6.45) is 0.790. The first kappa shape index (κ1) is 29.5. The van der Waals surface area contributed by atoms with E-state index in [4.69, 9.17) is 15.2 Å². The summed E-state index contributed by atoms with van der Waals surface area (Å²) in [7, 11) is 0. The lowest BCUT2D eigenvalue weighted by Crippen LogP contribution is -2.48. The van der Waals surface area contributed by atoms with E-state index in [-0.39, 0.29) is 12.0 Å². The van der Waals surface area contributed by atoms with E-state index < -0.39 is 60.5 Å². The van der Waals surface area contributed by atoms with E-state index in [1.807, 2.05) is 20.8 Å². The highest BCUT2D eigenvalue weighted by atomic mass is 16.6. The molecule has 1 heterocycles. The van der Waals surface area contributed by atoms with E-state index in [0.29, 0.717) is 6.42 Å². The molecule has 3 amide bonds. The second-order valence-electron chi connectivity index (χ2n) is 10.4. The van der Waals surface area contributed by atoms with Crippen LogP contribution in [0.5, 0.6) is 0 Å². The Morgan fingerprint density at radius 1 is 1.06 bits per heavy atom. The van der Waals surface area contributed by atoms with Crippen LogP contribution in [0.25, 0.3) is 0 Å². The number of nitrogens with zero attached hydrogens (tertiary/aromatic N) is 2. The van der Waals surface area contributed by atoms with Crippen molar-refractivity contribution in [1.29, 1.82) is 0 Å². The SMILES string of the molecule is CCC(C)(C)CC(O)CN1C(=O)N(CC(O)COC(=O)/C=C/C(=O)OC(C)(C)N)C(=O)C1(C)C. The molecule has 0 aliphatic carbocycles. The Hall–Kier alpha value is -2.50. The zero-order valence-electron chi connectivity index (χ0n) is 21.2. The number of urea groups is 1. The van der Waals surface area contributed by atoms with Gasteiger partial charge in [0.2, 0.25) is 0 Å². The van der Waals surface area contributed by atoms with Gasteiger partial charge in [0.25, 0.3) is 5.91 Å². The van der Waals surface area contributed by atoms with Crippen LogP contribution in [0.4, 0.5) is 4.79 Å². The fraction of sp³-hybridized carbons (Fsp3) is 0.739. The number of hydrogen-bond acceptors (Lipinski definition) is 9. The van der Waals surface area contributed by atoms with Crippen molar-refractivity contribution < 1.29 is 38.9 Å². The van der Waals surface area contributed by atoms with Gasteiger partial charge in [0.05, 0.1) is 12.6 Å². The predicted octanol–water partition coefficient (Wildman–Crippen LogP) is 0.915. The molecule has 1 aliphatic heterocycles. The largest absolute Gasteiger partial charge is 0.460 e. The molecular weight excluding hydrogens is 446 g/mol. The van der Waals surface area contributed by atoms with E-state index in [1.165, 1.54) is 18.7 Å². The maximum absolute atomic E-state index is 12.9. The van der Waals surface area contributed by atoms with Crippen LogP contribution >= 0.6 is 0 Å². The van der Waals surface area contributed by atoms with Crippen LogP contribution in [-0.4, -0.2) is 87.1 Å². The number of esters is 2. The molecule has 0 saturated carbocycles. The third-order valence-electron chi connectivity index (χ3n) is 5.57. The Morgan fingerprint density at radius 2 is 1.62 bits per heavy atom. The second-order valence-corrected chi connectivity index (χ2v) is 10.4. The first-order valence-electron chi connectivity index (χ1n) is 11.3. The predicted molar refractivity (Wildman–Crippen MR) is 123 cm³/mol. The average molecular weight is 486 g/mol. The van der Waals surface area contributed by atoms with E-state index >= 15 is 0 Å². The molecule has 194 valence electrons. The number of rotatable bonds is 12. The normalized spacial score (nSPS) is 18.4. The van der Waals surface area contributed by atoms with Crippen molar-refractivity contribution in [2.45, 2.75) is 84.8 Å². The minimum Gasteiger partial charge on any atom is -0.460 e. The third-order valence-corrected chi connectivity index (χ3v) is 5.57. The molecule has 2 unspecified atom stereocenters. The maximum Gasteiger partial charge on any atom is 0.332 e. The van der Waals surface area contributed by atoms with Crippen LogP contribution in [0.15, 0.2) is 12.2 Å². The fourth-order valence-electron chi connectivity index (χ4n) is 3.36. The summed E-state index contributed by atoms with van der Waals surface area (Å²) >= 11 is 0.